The van der Waals surface area contributed by atoms with Crippen molar-refractivity contribution in [3.63, 3.8) is 0 Å². The molecule has 0 bridgehead atoms. The number of ether oxygens (including phenoxy) is 2. The molecule has 0 spiro atoms. The minimum absolute atomic E-state index is 0.0788. The highest BCUT2D eigenvalue weighted by Crippen LogP contribution is 2.14. The predicted molar refractivity (Wildman–Crippen MR) is 76.4 cm³/mol. The number of carboxylic acid groups (broad SMARTS) is 1. The number of hydrogen-bond acceptors (Lipinski definition) is 4. The quantitative estimate of drug-likeness (QED) is 0.837. The summed E-state index contributed by atoms with van der Waals surface area (Å²) >= 11 is 0. The van der Waals surface area contributed by atoms with Gasteiger partial charge in [-0.1, -0.05) is 0 Å². The molecule has 1 aliphatic heterocycles. The molecule has 1 saturated heterocycles. The van der Waals surface area contributed by atoms with Crippen LogP contribution in [0.1, 0.15) is 30.1 Å². The summed E-state index contributed by atoms with van der Waals surface area (Å²) in [4.78, 5) is 22.7. The minimum Gasteiger partial charge on any atom is -0.478 e. The van der Waals surface area contributed by atoms with Crippen LogP contribution in [0.3, 0.4) is 0 Å². The van der Waals surface area contributed by atoms with Crippen LogP contribution < -0.4 is 5.32 Å². The first-order valence-corrected chi connectivity index (χ1v) is 6.93. The van der Waals surface area contributed by atoms with Gasteiger partial charge in [0.25, 0.3) is 5.91 Å². The number of carbonyl (C=O) groups excluding carboxylic acids is 1. The maximum Gasteiger partial charge on any atom is 0.335 e. The molecule has 21 heavy (non-hydrogen) atoms. The van der Waals surface area contributed by atoms with Gasteiger partial charge in [-0.2, -0.15) is 0 Å². The Bertz CT molecular complexity index is 493. The Labute approximate surface area is 123 Å². The normalized spacial score (nSPS) is 19.2. The Balaban J connectivity index is 1.80. The van der Waals surface area contributed by atoms with Crippen molar-refractivity contribution in [2.45, 2.75) is 32.0 Å². The van der Waals surface area contributed by atoms with Crippen LogP contribution in [0.5, 0.6) is 0 Å². The number of amides is 1. The highest BCUT2D eigenvalue weighted by molar-refractivity contribution is 5.94. The summed E-state index contributed by atoms with van der Waals surface area (Å²) in [6.07, 6.45) is 1.48. The molecule has 6 heteroatoms. The average Bonchev–Trinajstić information content (AvgIpc) is 2.98. The van der Waals surface area contributed by atoms with Gasteiger partial charge in [-0.25, -0.2) is 4.79 Å². The van der Waals surface area contributed by atoms with E-state index in [1.54, 1.807) is 19.1 Å². The fourth-order valence-electron chi connectivity index (χ4n) is 2.04. The first kappa shape index (κ1) is 15.5. The van der Waals surface area contributed by atoms with E-state index < -0.39 is 12.1 Å². The highest BCUT2D eigenvalue weighted by Gasteiger charge is 2.19. The molecular formula is C15H19NO5. The second-order valence-electron chi connectivity index (χ2n) is 4.98. The van der Waals surface area contributed by atoms with Gasteiger partial charge in [0.2, 0.25) is 0 Å². The predicted octanol–water partition coefficient (Wildman–Crippen LogP) is 1.91. The Morgan fingerprint density at radius 2 is 2.14 bits per heavy atom. The fourth-order valence-corrected chi connectivity index (χ4v) is 2.04. The van der Waals surface area contributed by atoms with Gasteiger partial charge in [0.1, 0.15) is 6.10 Å². The highest BCUT2D eigenvalue weighted by atomic mass is 16.5. The fraction of sp³-hybridized carbons (Fsp3) is 0.467. The largest absolute Gasteiger partial charge is 0.478 e. The van der Waals surface area contributed by atoms with Gasteiger partial charge in [-0.3, -0.25) is 4.79 Å². The van der Waals surface area contributed by atoms with Gasteiger partial charge >= 0.3 is 5.97 Å². The van der Waals surface area contributed by atoms with Gasteiger partial charge in [0, 0.05) is 12.3 Å². The Kier molecular flexibility index (Phi) is 5.30. The van der Waals surface area contributed by atoms with E-state index in [1.165, 1.54) is 12.1 Å². The Morgan fingerprint density at radius 1 is 1.43 bits per heavy atom. The molecule has 114 valence electrons. The van der Waals surface area contributed by atoms with E-state index in [9.17, 15) is 9.59 Å². The maximum atomic E-state index is 11.9. The van der Waals surface area contributed by atoms with E-state index in [-0.39, 0.29) is 17.6 Å². The molecule has 2 atom stereocenters. The van der Waals surface area contributed by atoms with Gasteiger partial charge in [-0.05, 0) is 44.0 Å². The number of anilines is 1. The zero-order valence-corrected chi connectivity index (χ0v) is 11.9. The monoisotopic (exact) mass is 293 g/mol. The molecule has 0 saturated carbocycles. The molecular weight excluding hydrogens is 274 g/mol. The van der Waals surface area contributed by atoms with Gasteiger partial charge < -0.3 is 19.9 Å². The number of aromatic carboxylic acids is 1. The average molecular weight is 293 g/mol. The molecule has 1 heterocycles. The molecule has 1 amide bonds. The van der Waals surface area contributed by atoms with Crippen molar-refractivity contribution in [1.82, 2.24) is 0 Å². The number of hydrogen-bond donors (Lipinski definition) is 2. The van der Waals surface area contributed by atoms with Crippen LogP contribution >= 0.6 is 0 Å². The summed E-state index contributed by atoms with van der Waals surface area (Å²) in [6, 6.07) is 5.98. The topological polar surface area (TPSA) is 84.9 Å². The number of carbonyl (C=O) groups is 2. The van der Waals surface area contributed by atoms with E-state index in [1.807, 2.05) is 0 Å². The van der Waals surface area contributed by atoms with Crippen molar-refractivity contribution < 1.29 is 24.2 Å². The molecule has 1 aromatic rings. The van der Waals surface area contributed by atoms with Crippen molar-refractivity contribution in [2.24, 2.45) is 0 Å². The molecule has 1 aromatic carbocycles. The van der Waals surface area contributed by atoms with Gasteiger partial charge in [0.15, 0.2) is 0 Å². The van der Waals surface area contributed by atoms with Crippen LogP contribution in [0.15, 0.2) is 24.3 Å². The summed E-state index contributed by atoms with van der Waals surface area (Å²) in [5, 5.41) is 11.5. The van der Waals surface area contributed by atoms with E-state index in [2.05, 4.69) is 5.32 Å². The smallest absolute Gasteiger partial charge is 0.335 e. The number of rotatable bonds is 6. The number of carboxylic acids is 1. The minimum atomic E-state index is -0.999. The lowest BCUT2D eigenvalue weighted by atomic mass is 10.2. The summed E-state index contributed by atoms with van der Waals surface area (Å²) < 4.78 is 10.9. The molecule has 1 aliphatic rings. The van der Waals surface area contributed by atoms with Crippen molar-refractivity contribution >= 4 is 17.6 Å². The lowest BCUT2D eigenvalue weighted by Crippen LogP contribution is -2.30. The summed E-state index contributed by atoms with van der Waals surface area (Å²) in [5.41, 5.74) is 0.716. The van der Waals surface area contributed by atoms with E-state index in [0.29, 0.717) is 12.3 Å². The lowest BCUT2D eigenvalue weighted by Gasteiger charge is -2.16. The third kappa shape index (κ3) is 4.54. The molecule has 2 N–H and O–H groups in total. The van der Waals surface area contributed by atoms with Crippen LogP contribution in [-0.2, 0) is 14.3 Å². The molecule has 0 aliphatic carbocycles. The maximum absolute atomic E-state index is 11.9. The third-order valence-corrected chi connectivity index (χ3v) is 3.32. The zero-order chi connectivity index (χ0) is 15.2. The van der Waals surface area contributed by atoms with E-state index >= 15 is 0 Å². The SMILES string of the molecule is C[C@@H](OC[C@H]1CCCO1)C(=O)Nc1ccc(C(=O)O)cc1. The Hall–Kier alpha value is -1.92. The second-order valence-corrected chi connectivity index (χ2v) is 4.98. The van der Waals surface area contributed by atoms with Crippen LogP contribution in [0, 0.1) is 0 Å². The Morgan fingerprint density at radius 3 is 2.71 bits per heavy atom. The van der Waals surface area contributed by atoms with Crippen LogP contribution in [-0.4, -0.2) is 42.4 Å². The van der Waals surface area contributed by atoms with Crippen molar-refractivity contribution in [1.29, 1.82) is 0 Å². The van der Waals surface area contributed by atoms with Crippen molar-refractivity contribution in [3.05, 3.63) is 29.8 Å². The lowest BCUT2D eigenvalue weighted by molar-refractivity contribution is -0.128. The molecule has 0 radical (unpaired) electrons. The number of benzene rings is 1. The van der Waals surface area contributed by atoms with Crippen molar-refractivity contribution in [2.75, 3.05) is 18.5 Å². The van der Waals surface area contributed by atoms with Crippen LogP contribution in [0.4, 0.5) is 5.69 Å². The summed E-state index contributed by atoms with van der Waals surface area (Å²) in [5.74, 6) is -1.27. The first-order valence-electron chi connectivity index (χ1n) is 6.93. The summed E-state index contributed by atoms with van der Waals surface area (Å²) in [6.45, 7) is 2.84. The first-order chi connectivity index (χ1) is 10.1. The van der Waals surface area contributed by atoms with Crippen LogP contribution in [0.2, 0.25) is 0 Å². The van der Waals surface area contributed by atoms with E-state index in [4.69, 9.17) is 14.6 Å². The molecule has 2 rings (SSSR count). The van der Waals surface area contributed by atoms with E-state index in [0.717, 1.165) is 19.4 Å². The van der Waals surface area contributed by atoms with Gasteiger partial charge in [-0.15, -0.1) is 0 Å². The molecule has 6 nitrogen and oxygen atoms in total. The zero-order valence-electron chi connectivity index (χ0n) is 11.9. The third-order valence-electron chi connectivity index (χ3n) is 3.32. The molecule has 0 unspecified atom stereocenters. The van der Waals surface area contributed by atoms with Gasteiger partial charge in [0.05, 0.1) is 18.3 Å². The molecule has 1 fully saturated rings. The number of nitrogens with one attached hydrogen (secondary N) is 1. The molecule has 0 aromatic heterocycles. The summed E-state index contributed by atoms with van der Waals surface area (Å²) in [7, 11) is 0. The second kappa shape index (κ2) is 7.19. The van der Waals surface area contributed by atoms with Crippen LogP contribution in [0.25, 0.3) is 0 Å². The van der Waals surface area contributed by atoms with Crippen molar-refractivity contribution in [3.8, 4) is 0 Å². The standard InChI is InChI=1S/C15H19NO5/c1-10(21-9-13-3-2-8-20-13)14(17)16-12-6-4-11(5-7-12)15(18)19/h4-7,10,13H,2-3,8-9H2,1H3,(H,16,17)(H,18,19)/t10-,13-/m1/s1.